The molecular formula is C16H22N2O3. The largest absolute Gasteiger partial charge is 0.493 e. The molecule has 0 aliphatic carbocycles. The first-order valence-electron chi connectivity index (χ1n) is 7.19. The normalized spacial score (nSPS) is 16.9. The molecule has 1 unspecified atom stereocenters. The predicted octanol–water partition coefficient (Wildman–Crippen LogP) is 2.76. The van der Waals surface area contributed by atoms with Gasteiger partial charge in [-0.3, -0.25) is 4.90 Å². The number of likely N-dealkylation sites (tertiary alicyclic amines) is 1. The van der Waals surface area contributed by atoms with E-state index >= 15 is 0 Å². The molecule has 0 radical (unpaired) electrons. The number of rotatable bonds is 5. The number of benzene rings is 1. The first-order valence-corrected chi connectivity index (χ1v) is 7.19. The van der Waals surface area contributed by atoms with E-state index in [9.17, 15) is 5.26 Å². The highest BCUT2D eigenvalue weighted by Crippen LogP contribution is 2.43. The summed E-state index contributed by atoms with van der Waals surface area (Å²) >= 11 is 0. The molecule has 114 valence electrons. The summed E-state index contributed by atoms with van der Waals surface area (Å²) in [6.45, 7) is 1.88. The molecule has 0 saturated carbocycles. The Bertz CT molecular complexity index is 519. The lowest BCUT2D eigenvalue weighted by molar-refractivity contribution is 0.192. The smallest absolute Gasteiger partial charge is 0.203 e. The summed E-state index contributed by atoms with van der Waals surface area (Å²) < 4.78 is 16.2. The molecule has 5 heteroatoms. The molecule has 1 fully saturated rings. The molecule has 0 bridgehead atoms. The first kappa shape index (κ1) is 15.5. The average molecular weight is 290 g/mol. The van der Waals surface area contributed by atoms with Crippen LogP contribution in [0.2, 0.25) is 0 Å². The summed E-state index contributed by atoms with van der Waals surface area (Å²) in [5.41, 5.74) is 0.833. The molecule has 1 saturated heterocycles. The van der Waals surface area contributed by atoms with Crippen molar-refractivity contribution in [3.8, 4) is 23.3 Å². The Morgan fingerprint density at radius 3 is 2.19 bits per heavy atom. The van der Waals surface area contributed by atoms with Crippen LogP contribution >= 0.6 is 0 Å². The lowest BCUT2D eigenvalue weighted by Gasteiger charge is -2.31. The van der Waals surface area contributed by atoms with Gasteiger partial charge in [0.25, 0.3) is 0 Å². The highest BCUT2D eigenvalue weighted by atomic mass is 16.5. The minimum absolute atomic E-state index is 0.319. The van der Waals surface area contributed by atoms with Crippen molar-refractivity contribution >= 4 is 0 Å². The number of methoxy groups -OCH3 is 3. The van der Waals surface area contributed by atoms with Crippen LogP contribution in [-0.2, 0) is 0 Å². The highest BCUT2D eigenvalue weighted by molar-refractivity contribution is 5.57. The van der Waals surface area contributed by atoms with Gasteiger partial charge in [-0.15, -0.1) is 0 Å². The molecule has 1 aromatic rings. The van der Waals surface area contributed by atoms with E-state index in [1.807, 2.05) is 12.1 Å². The van der Waals surface area contributed by atoms with Gasteiger partial charge in [-0.1, -0.05) is 6.42 Å². The Morgan fingerprint density at radius 1 is 1.00 bits per heavy atom. The summed E-state index contributed by atoms with van der Waals surface area (Å²) in [5, 5.41) is 9.62. The Balaban J connectivity index is 2.43. The minimum atomic E-state index is -0.319. The maximum absolute atomic E-state index is 9.62. The van der Waals surface area contributed by atoms with Gasteiger partial charge in [0.15, 0.2) is 11.5 Å². The zero-order valence-electron chi connectivity index (χ0n) is 12.9. The van der Waals surface area contributed by atoms with Crippen molar-refractivity contribution in [1.82, 2.24) is 4.90 Å². The number of ether oxygens (including phenoxy) is 3. The highest BCUT2D eigenvalue weighted by Gasteiger charge is 2.27. The van der Waals surface area contributed by atoms with Gasteiger partial charge in [0.1, 0.15) is 6.04 Å². The van der Waals surface area contributed by atoms with Crippen LogP contribution in [0.1, 0.15) is 30.9 Å². The summed E-state index contributed by atoms with van der Waals surface area (Å²) in [7, 11) is 4.75. The van der Waals surface area contributed by atoms with E-state index in [-0.39, 0.29) is 6.04 Å². The van der Waals surface area contributed by atoms with Gasteiger partial charge in [0.2, 0.25) is 5.75 Å². The van der Waals surface area contributed by atoms with Crippen molar-refractivity contribution < 1.29 is 14.2 Å². The van der Waals surface area contributed by atoms with Crippen molar-refractivity contribution in [3.63, 3.8) is 0 Å². The van der Waals surface area contributed by atoms with Crippen LogP contribution in [0.25, 0.3) is 0 Å². The maximum atomic E-state index is 9.62. The molecule has 2 rings (SSSR count). The van der Waals surface area contributed by atoms with Gasteiger partial charge in [-0.25, -0.2) is 0 Å². The van der Waals surface area contributed by atoms with Crippen molar-refractivity contribution in [2.75, 3.05) is 34.4 Å². The van der Waals surface area contributed by atoms with Crippen molar-refractivity contribution in [2.24, 2.45) is 0 Å². The molecular weight excluding hydrogens is 268 g/mol. The fraction of sp³-hybridized carbons (Fsp3) is 0.562. The summed E-state index contributed by atoms with van der Waals surface area (Å²) in [6.07, 6.45) is 3.50. The molecule has 5 nitrogen and oxygen atoms in total. The maximum Gasteiger partial charge on any atom is 0.203 e. The Kier molecular flexibility index (Phi) is 5.29. The number of nitrogens with zero attached hydrogens (tertiary/aromatic N) is 2. The van der Waals surface area contributed by atoms with Gasteiger partial charge in [-0.05, 0) is 38.1 Å². The summed E-state index contributed by atoms with van der Waals surface area (Å²) in [4.78, 5) is 2.20. The molecule has 21 heavy (non-hydrogen) atoms. The van der Waals surface area contributed by atoms with E-state index in [2.05, 4.69) is 11.0 Å². The molecule has 1 aliphatic rings. The Labute approximate surface area is 126 Å². The van der Waals surface area contributed by atoms with Crippen LogP contribution < -0.4 is 14.2 Å². The van der Waals surface area contributed by atoms with Gasteiger partial charge >= 0.3 is 0 Å². The van der Waals surface area contributed by atoms with E-state index in [4.69, 9.17) is 14.2 Å². The van der Waals surface area contributed by atoms with Crippen LogP contribution in [0, 0.1) is 11.3 Å². The fourth-order valence-corrected chi connectivity index (χ4v) is 2.86. The standard InChI is InChI=1S/C16H22N2O3/c1-19-14-8-7-12(15(20-2)16(14)21-3)13(11-17)18-9-5-4-6-10-18/h7-8,13H,4-6,9-10H2,1-3H3. The Hall–Kier alpha value is -1.93. The van der Waals surface area contributed by atoms with Gasteiger partial charge in [-0.2, -0.15) is 5.26 Å². The van der Waals surface area contributed by atoms with Gasteiger partial charge in [0, 0.05) is 5.56 Å². The third-order valence-corrected chi connectivity index (χ3v) is 3.91. The fourth-order valence-electron chi connectivity index (χ4n) is 2.86. The van der Waals surface area contributed by atoms with Crippen LogP contribution in [0.3, 0.4) is 0 Å². The molecule has 0 N–H and O–H groups in total. The van der Waals surface area contributed by atoms with E-state index < -0.39 is 0 Å². The van der Waals surface area contributed by atoms with E-state index in [1.54, 1.807) is 21.3 Å². The van der Waals surface area contributed by atoms with Crippen molar-refractivity contribution in [1.29, 1.82) is 5.26 Å². The van der Waals surface area contributed by atoms with Crippen LogP contribution in [0.15, 0.2) is 12.1 Å². The summed E-state index contributed by atoms with van der Waals surface area (Å²) in [5.74, 6) is 1.72. The number of hydrogen-bond acceptors (Lipinski definition) is 5. The molecule has 0 spiro atoms. The van der Waals surface area contributed by atoms with Crippen molar-refractivity contribution in [2.45, 2.75) is 25.3 Å². The molecule has 1 aliphatic heterocycles. The molecule has 1 aromatic carbocycles. The predicted molar refractivity (Wildman–Crippen MR) is 79.9 cm³/mol. The second-order valence-corrected chi connectivity index (χ2v) is 5.05. The van der Waals surface area contributed by atoms with E-state index in [0.29, 0.717) is 17.2 Å². The Morgan fingerprint density at radius 2 is 1.67 bits per heavy atom. The van der Waals surface area contributed by atoms with Gasteiger partial charge < -0.3 is 14.2 Å². The lowest BCUT2D eigenvalue weighted by Crippen LogP contribution is -2.33. The lowest BCUT2D eigenvalue weighted by atomic mass is 10.0. The monoisotopic (exact) mass is 290 g/mol. The average Bonchev–Trinajstić information content (AvgIpc) is 2.55. The SMILES string of the molecule is COc1ccc(C(C#N)N2CCCCC2)c(OC)c1OC. The van der Waals surface area contributed by atoms with Crippen LogP contribution in [0.5, 0.6) is 17.2 Å². The molecule has 1 atom stereocenters. The first-order chi connectivity index (χ1) is 10.3. The van der Waals surface area contributed by atoms with E-state index in [0.717, 1.165) is 31.5 Å². The van der Waals surface area contributed by atoms with Crippen LogP contribution in [0.4, 0.5) is 0 Å². The second kappa shape index (κ2) is 7.19. The molecule has 0 amide bonds. The van der Waals surface area contributed by atoms with E-state index in [1.165, 1.54) is 6.42 Å². The zero-order chi connectivity index (χ0) is 15.2. The third-order valence-electron chi connectivity index (χ3n) is 3.91. The van der Waals surface area contributed by atoms with Crippen molar-refractivity contribution in [3.05, 3.63) is 17.7 Å². The zero-order valence-corrected chi connectivity index (χ0v) is 12.9. The quantitative estimate of drug-likeness (QED) is 0.834. The number of nitriles is 1. The van der Waals surface area contributed by atoms with Gasteiger partial charge in [0.05, 0.1) is 27.4 Å². The summed E-state index contributed by atoms with van der Waals surface area (Å²) in [6, 6.07) is 5.80. The topological polar surface area (TPSA) is 54.7 Å². The second-order valence-electron chi connectivity index (χ2n) is 5.05. The number of hydrogen-bond donors (Lipinski definition) is 0. The van der Waals surface area contributed by atoms with Crippen LogP contribution in [-0.4, -0.2) is 39.3 Å². The molecule has 1 heterocycles. The third kappa shape index (κ3) is 3.06. The molecule has 0 aromatic heterocycles. The number of piperidine rings is 1. The minimum Gasteiger partial charge on any atom is -0.493 e.